The highest BCUT2D eigenvalue weighted by Crippen LogP contribution is 2.21. The van der Waals surface area contributed by atoms with Gasteiger partial charge in [0.15, 0.2) is 5.78 Å². The Balaban J connectivity index is 2.37. The van der Waals surface area contributed by atoms with Crippen molar-refractivity contribution in [2.24, 2.45) is 5.92 Å². The number of hydrogen-bond acceptors (Lipinski definition) is 5. The molecule has 23 heavy (non-hydrogen) atoms. The molecule has 120 valence electrons. The third kappa shape index (κ3) is 3.10. The van der Waals surface area contributed by atoms with E-state index < -0.39 is 22.6 Å². The zero-order valence-electron chi connectivity index (χ0n) is 12.6. The fraction of sp³-hybridized carbons (Fsp3) is 0.267. The average Bonchev–Trinajstić information content (AvgIpc) is 2.89. The van der Waals surface area contributed by atoms with E-state index in [-0.39, 0.29) is 17.7 Å². The lowest BCUT2D eigenvalue weighted by Gasteiger charge is -2.09. The van der Waals surface area contributed by atoms with Gasteiger partial charge in [-0.15, -0.1) is 0 Å². The second-order valence-corrected chi connectivity index (χ2v) is 4.99. The van der Waals surface area contributed by atoms with Crippen LogP contribution in [0.25, 0.3) is 5.69 Å². The van der Waals surface area contributed by atoms with Gasteiger partial charge in [-0.25, -0.2) is 4.68 Å². The van der Waals surface area contributed by atoms with Gasteiger partial charge in [-0.05, 0) is 25.5 Å². The minimum absolute atomic E-state index is 0.0493. The number of aromatic nitrogens is 2. The van der Waals surface area contributed by atoms with Crippen molar-refractivity contribution < 1.29 is 19.6 Å². The Morgan fingerprint density at radius 2 is 1.96 bits per heavy atom. The van der Waals surface area contributed by atoms with Crippen LogP contribution in [0.2, 0.25) is 0 Å². The standard InChI is InChI=1S/C15H15N3O5/c1-3-12(15(20)21)14(19)13-8-16-17(9(13)2)10-4-6-11(7-5-10)18(22)23/h4-8,12H,3H2,1-2H3,(H,20,21). The van der Waals surface area contributed by atoms with Crippen LogP contribution >= 0.6 is 0 Å². The summed E-state index contributed by atoms with van der Waals surface area (Å²) in [7, 11) is 0. The van der Waals surface area contributed by atoms with E-state index in [4.69, 9.17) is 5.11 Å². The minimum Gasteiger partial charge on any atom is -0.481 e. The van der Waals surface area contributed by atoms with Crippen LogP contribution in [-0.2, 0) is 4.79 Å². The first-order chi connectivity index (χ1) is 10.9. The number of nitro groups is 1. The maximum absolute atomic E-state index is 12.3. The van der Waals surface area contributed by atoms with Gasteiger partial charge in [0.2, 0.25) is 0 Å². The molecule has 0 fully saturated rings. The van der Waals surface area contributed by atoms with Gasteiger partial charge >= 0.3 is 5.97 Å². The molecule has 1 aromatic heterocycles. The predicted octanol–water partition coefficient (Wildman–Crippen LogP) is 2.38. The van der Waals surface area contributed by atoms with Crippen LogP contribution in [0.1, 0.15) is 29.4 Å². The minimum atomic E-state index is -1.17. The van der Waals surface area contributed by atoms with Crippen molar-refractivity contribution in [2.45, 2.75) is 20.3 Å². The summed E-state index contributed by atoms with van der Waals surface area (Å²) in [5.74, 6) is -2.77. The van der Waals surface area contributed by atoms with Crippen molar-refractivity contribution in [3.8, 4) is 5.69 Å². The summed E-state index contributed by atoms with van der Waals surface area (Å²) in [6.45, 7) is 3.28. The first kappa shape index (κ1) is 16.3. The summed E-state index contributed by atoms with van der Waals surface area (Å²) in [6, 6.07) is 5.70. The van der Waals surface area contributed by atoms with Crippen LogP contribution in [0.3, 0.4) is 0 Å². The normalized spacial score (nSPS) is 11.9. The second kappa shape index (κ2) is 6.39. The summed E-state index contributed by atoms with van der Waals surface area (Å²) >= 11 is 0. The monoisotopic (exact) mass is 317 g/mol. The Hall–Kier alpha value is -3.03. The molecule has 0 aliphatic carbocycles. The number of benzene rings is 1. The molecule has 0 spiro atoms. The number of hydrogen-bond donors (Lipinski definition) is 1. The van der Waals surface area contributed by atoms with Crippen LogP contribution in [0, 0.1) is 23.0 Å². The van der Waals surface area contributed by atoms with Gasteiger partial charge in [-0.3, -0.25) is 19.7 Å². The fourth-order valence-corrected chi connectivity index (χ4v) is 2.29. The van der Waals surface area contributed by atoms with Gasteiger partial charge in [-0.2, -0.15) is 5.10 Å². The lowest BCUT2D eigenvalue weighted by molar-refractivity contribution is -0.384. The molecule has 0 aliphatic rings. The van der Waals surface area contributed by atoms with Crippen LogP contribution in [0.15, 0.2) is 30.5 Å². The number of nitro benzene ring substituents is 1. The Bertz CT molecular complexity index is 764. The summed E-state index contributed by atoms with van der Waals surface area (Å²) in [4.78, 5) is 33.6. The maximum Gasteiger partial charge on any atom is 0.314 e. The summed E-state index contributed by atoms with van der Waals surface area (Å²) in [5, 5.41) is 23.8. The summed E-state index contributed by atoms with van der Waals surface area (Å²) in [6.07, 6.45) is 1.51. The van der Waals surface area contributed by atoms with Crippen LogP contribution in [-0.4, -0.2) is 31.6 Å². The highest BCUT2D eigenvalue weighted by Gasteiger charge is 2.28. The van der Waals surface area contributed by atoms with Crippen molar-refractivity contribution in [1.29, 1.82) is 0 Å². The molecule has 8 heteroatoms. The quantitative estimate of drug-likeness (QED) is 0.378. The van der Waals surface area contributed by atoms with Crippen molar-refractivity contribution in [3.63, 3.8) is 0 Å². The summed E-state index contributed by atoms with van der Waals surface area (Å²) < 4.78 is 1.45. The number of nitrogens with zero attached hydrogens (tertiary/aromatic N) is 3. The molecule has 1 atom stereocenters. The molecular formula is C15H15N3O5. The fourth-order valence-electron chi connectivity index (χ4n) is 2.29. The number of carboxylic acids is 1. The van der Waals surface area contributed by atoms with Crippen molar-refractivity contribution >= 4 is 17.4 Å². The van der Waals surface area contributed by atoms with E-state index in [0.717, 1.165) is 0 Å². The topological polar surface area (TPSA) is 115 Å². The van der Waals surface area contributed by atoms with E-state index in [1.807, 2.05) is 0 Å². The van der Waals surface area contributed by atoms with Crippen LogP contribution in [0.5, 0.6) is 0 Å². The molecule has 1 aromatic carbocycles. The lowest BCUT2D eigenvalue weighted by Crippen LogP contribution is -2.23. The van der Waals surface area contributed by atoms with E-state index in [9.17, 15) is 19.7 Å². The Morgan fingerprint density at radius 1 is 1.35 bits per heavy atom. The number of carbonyl (C=O) groups is 2. The molecule has 2 aromatic rings. The van der Waals surface area contributed by atoms with E-state index >= 15 is 0 Å². The van der Waals surface area contributed by atoms with Crippen LogP contribution < -0.4 is 0 Å². The molecule has 1 heterocycles. The van der Waals surface area contributed by atoms with Gasteiger partial charge in [0.25, 0.3) is 5.69 Å². The van der Waals surface area contributed by atoms with E-state index in [0.29, 0.717) is 11.4 Å². The molecule has 0 saturated carbocycles. The van der Waals surface area contributed by atoms with Gasteiger partial charge in [0, 0.05) is 12.1 Å². The Morgan fingerprint density at radius 3 is 2.43 bits per heavy atom. The number of Topliss-reactive ketones (excluding diaryl/α,β-unsaturated/α-hetero) is 1. The zero-order chi connectivity index (χ0) is 17.1. The largest absolute Gasteiger partial charge is 0.481 e. The number of rotatable bonds is 6. The highest BCUT2D eigenvalue weighted by molar-refractivity contribution is 6.08. The molecule has 0 saturated heterocycles. The Labute approximate surface area is 131 Å². The van der Waals surface area contributed by atoms with Gasteiger partial charge < -0.3 is 5.11 Å². The predicted molar refractivity (Wildman–Crippen MR) is 80.7 cm³/mol. The molecule has 1 unspecified atom stereocenters. The third-order valence-corrected chi connectivity index (χ3v) is 3.60. The number of carboxylic acid groups (broad SMARTS) is 1. The third-order valence-electron chi connectivity index (χ3n) is 3.60. The average molecular weight is 317 g/mol. The second-order valence-electron chi connectivity index (χ2n) is 4.99. The van der Waals surface area contributed by atoms with Gasteiger partial charge in [0.05, 0.1) is 28.1 Å². The highest BCUT2D eigenvalue weighted by atomic mass is 16.6. The molecule has 1 N–H and O–H groups in total. The molecular weight excluding hydrogens is 302 g/mol. The number of ketones is 1. The molecule has 2 rings (SSSR count). The lowest BCUT2D eigenvalue weighted by atomic mass is 9.96. The number of aliphatic carboxylic acids is 1. The molecule has 0 amide bonds. The Kier molecular flexibility index (Phi) is 4.54. The number of carbonyl (C=O) groups excluding carboxylic acids is 1. The zero-order valence-corrected chi connectivity index (χ0v) is 12.6. The molecule has 0 aliphatic heterocycles. The first-order valence-corrected chi connectivity index (χ1v) is 6.93. The molecule has 8 nitrogen and oxygen atoms in total. The number of non-ortho nitro benzene ring substituents is 1. The smallest absolute Gasteiger partial charge is 0.314 e. The SMILES string of the molecule is CCC(C(=O)O)C(=O)c1cnn(-c2ccc([N+](=O)[O-])cc2)c1C. The maximum atomic E-state index is 12.3. The van der Waals surface area contributed by atoms with Gasteiger partial charge in [0.1, 0.15) is 5.92 Å². The van der Waals surface area contributed by atoms with E-state index in [1.54, 1.807) is 13.8 Å². The summed E-state index contributed by atoms with van der Waals surface area (Å²) in [5.41, 5.74) is 1.23. The molecule has 0 radical (unpaired) electrons. The molecule has 0 bridgehead atoms. The van der Waals surface area contributed by atoms with Crippen molar-refractivity contribution in [1.82, 2.24) is 9.78 Å². The van der Waals surface area contributed by atoms with E-state index in [1.165, 1.54) is 35.1 Å². The van der Waals surface area contributed by atoms with Gasteiger partial charge in [-0.1, -0.05) is 6.92 Å². The van der Waals surface area contributed by atoms with Crippen molar-refractivity contribution in [2.75, 3.05) is 0 Å². The van der Waals surface area contributed by atoms with Crippen LogP contribution in [0.4, 0.5) is 5.69 Å². The first-order valence-electron chi connectivity index (χ1n) is 6.93. The van der Waals surface area contributed by atoms with E-state index in [2.05, 4.69) is 5.10 Å². The van der Waals surface area contributed by atoms with Crippen molar-refractivity contribution in [3.05, 3.63) is 51.8 Å².